The van der Waals surface area contributed by atoms with Gasteiger partial charge in [0.25, 0.3) is 0 Å². The predicted molar refractivity (Wildman–Crippen MR) is 74.2 cm³/mol. The first kappa shape index (κ1) is 12.2. The summed E-state index contributed by atoms with van der Waals surface area (Å²) < 4.78 is 7.20. The number of aromatic nitrogens is 2. The fourth-order valence-corrected chi connectivity index (χ4v) is 2.08. The largest absolute Gasteiger partial charge is 0.497 e. The third-order valence-corrected chi connectivity index (χ3v) is 3.32. The maximum atomic E-state index is 5.23. The molecule has 1 saturated carbocycles. The molecule has 0 spiro atoms. The zero-order valence-electron chi connectivity index (χ0n) is 11.2. The number of rotatable bonds is 6. The summed E-state index contributed by atoms with van der Waals surface area (Å²) in [6.07, 6.45) is 4.65. The van der Waals surface area contributed by atoms with Gasteiger partial charge >= 0.3 is 0 Å². The summed E-state index contributed by atoms with van der Waals surface area (Å²) in [5.41, 5.74) is 2.30. The highest BCUT2D eigenvalue weighted by molar-refractivity contribution is 5.28. The Morgan fingerprint density at radius 1 is 1.37 bits per heavy atom. The van der Waals surface area contributed by atoms with Gasteiger partial charge in [-0.15, -0.1) is 0 Å². The van der Waals surface area contributed by atoms with Crippen LogP contribution >= 0.6 is 0 Å². The van der Waals surface area contributed by atoms with Gasteiger partial charge in [0.2, 0.25) is 0 Å². The summed E-state index contributed by atoms with van der Waals surface area (Å²) >= 11 is 0. The van der Waals surface area contributed by atoms with Gasteiger partial charge in [-0.2, -0.15) is 5.10 Å². The first-order valence-corrected chi connectivity index (χ1v) is 6.72. The molecule has 0 amide bonds. The summed E-state index contributed by atoms with van der Waals surface area (Å²) in [7, 11) is 1.69. The van der Waals surface area contributed by atoms with Crippen molar-refractivity contribution in [1.29, 1.82) is 0 Å². The lowest BCUT2D eigenvalue weighted by Gasteiger charge is -2.05. The minimum atomic E-state index is 0.725. The van der Waals surface area contributed by atoms with Crippen LogP contribution in [0, 0.1) is 0 Å². The molecular weight excluding hydrogens is 238 g/mol. The standard InChI is InChI=1S/C15H19N3O/c1-19-15-4-2-3-12(9-15)11-18-8-7-14(17-18)10-16-13-5-6-13/h2-4,7-9,13,16H,5-6,10-11H2,1H3. The van der Waals surface area contributed by atoms with Gasteiger partial charge in [0.1, 0.15) is 5.75 Å². The Bertz CT molecular complexity index is 546. The van der Waals surface area contributed by atoms with E-state index in [1.54, 1.807) is 7.11 Å². The van der Waals surface area contributed by atoms with Gasteiger partial charge in [0, 0.05) is 18.8 Å². The Kier molecular flexibility index (Phi) is 3.51. The number of ether oxygens (including phenoxy) is 1. The zero-order valence-corrected chi connectivity index (χ0v) is 11.2. The van der Waals surface area contributed by atoms with Crippen LogP contribution in [-0.4, -0.2) is 22.9 Å². The molecule has 1 N–H and O–H groups in total. The minimum absolute atomic E-state index is 0.725. The van der Waals surface area contributed by atoms with E-state index >= 15 is 0 Å². The quantitative estimate of drug-likeness (QED) is 0.862. The van der Waals surface area contributed by atoms with Crippen molar-refractivity contribution in [3.05, 3.63) is 47.8 Å². The van der Waals surface area contributed by atoms with Crippen molar-refractivity contribution in [2.45, 2.75) is 32.0 Å². The van der Waals surface area contributed by atoms with Crippen LogP contribution in [0.15, 0.2) is 36.5 Å². The Morgan fingerprint density at radius 3 is 3.05 bits per heavy atom. The molecule has 3 rings (SSSR count). The summed E-state index contributed by atoms with van der Waals surface area (Å²) in [5, 5.41) is 8.05. The molecule has 1 aliphatic carbocycles. The predicted octanol–water partition coefficient (Wildman–Crippen LogP) is 2.19. The zero-order chi connectivity index (χ0) is 13.1. The van der Waals surface area contributed by atoms with Crippen molar-refractivity contribution < 1.29 is 4.74 Å². The number of benzene rings is 1. The highest BCUT2D eigenvalue weighted by Gasteiger charge is 2.20. The smallest absolute Gasteiger partial charge is 0.119 e. The number of hydrogen-bond donors (Lipinski definition) is 1. The highest BCUT2D eigenvalue weighted by Crippen LogP contribution is 2.19. The van der Waals surface area contributed by atoms with Crippen molar-refractivity contribution >= 4 is 0 Å². The Morgan fingerprint density at radius 2 is 2.26 bits per heavy atom. The van der Waals surface area contributed by atoms with E-state index in [0.717, 1.165) is 30.6 Å². The van der Waals surface area contributed by atoms with E-state index in [2.05, 4.69) is 22.5 Å². The molecule has 1 fully saturated rings. The number of methoxy groups -OCH3 is 1. The second kappa shape index (κ2) is 5.45. The van der Waals surface area contributed by atoms with E-state index in [1.807, 2.05) is 29.1 Å². The van der Waals surface area contributed by atoms with Gasteiger partial charge in [-0.05, 0) is 36.6 Å². The maximum Gasteiger partial charge on any atom is 0.119 e. The third-order valence-electron chi connectivity index (χ3n) is 3.32. The second-order valence-corrected chi connectivity index (χ2v) is 5.01. The van der Waals surface area contributed by atoms with Crippen LogP contribution in [0.3, 0.4) is 0 Å². The Labute approximate surface area is 113 Å². The van der Waals surface area contributed by atoms with Crippen LogP contribution in [0.2, 0.25) is 0 Å². The van der Waals surface area contributed by atoms with Crippen molar-refractivity contribution in [1.82, 2.24) is 15.1 Å². The van der Waals surface area contributed by atoms with Crippen LogP contribution in [0.1, 0.15) is 24.1 Å². The Hall–Kier alpha value is -1.81. The van der Waals surface area contributed by atoms with Gasteiger partial charge < -0.3 is 10.1 Å². The number of nitrogens with zero attached hydrogens (tertiary/aromatic N) is 2. The van der Waals surface area contributed by atoms with Gasteiger partial charge in [-0.25, -0.2) is 0 Å². The fraction of sp³-hybridized carbons (Fsp3) is 0.400. The highest BCUT2D eigenvalue weighted by atomic mass is 16.5. The van der Waals surface area contributed by atoms with Crippen molar-refractivity contribution in [3.8, 4) is 5.75 Å². The number of nitrogens with one attached hydrogen (secondary N) is 1. The van der Waals surface area contributed by atoms with E-state index < -0.39 is 0 Å². The minimum Gasteiger partial charge on any atom is -0.497 e. The lowest BCUT2D eigenvalue weighted by atomic mass is 10.2. The van der Waals surface area contributed by atoms with E-state index in [0.29, 0.717) is 0 Å². The molecule has 100 valence electrons. The molecule has 1 aliphatic rings. The van der Waals surface area contributed by atoms with Crippen molar-refractivity contribution in [2.24, 2.45) is 0 Å². The molecule has 0 atom stereocenters. The molecule has 1 aromatic carbocycles. The molecule has 0 saturated heterocycles. The van der Waals surface area contributed by atoms with Crippen molar-refractivity contribution in [2.75, 3.05) is 7.11 Å². The summed E-state index contributed by atoms with van der Waals surface area (Å²) in [6, 6.07) is 10.9. The molecule has 19 heavy (non-hydrogen) atoms. The SMILES string of the molecule is COc1cccc(Cn2ccc(CNC3CC3)n2)c1. The second-order valence-electron chi connectivity index (χ2n) is 5.01. The molecule has 4 nitrogen and oxygen atoms in total. The molecule has 0 bridgehead atoms. The maximum absolute atomic E-state index is 5.23. The van der Waals surface area contributed by atoms with E-state index in [-0.39, 0.29) is 0 Å². The van der Waals surface area contributed by atoms with Crippen LogP contribution in [0.5, 0.6) is 5.75 Å². The summed E-state index contributed by atoms with van der Waals surface area (Å²) in [5.74, 6) is 0.889. The molecule has 2 aromatic rings. The molecule has 1 aromatic heterocycles. The van der Waals surface area contributed by atoms with Gasteiger partial charge in [-0.3, -0.25) is 4.68 Å². The lowest BCUT2D eigenvalue weighted by molar-refractivity contribution is 0.414. The normalized spacial score (nSPS) is 14.6. The number of hydrogen-bond acceptors (Lipinski definition) is 3. The van der Waals surface area contributed by atoms with E-state index in [1.165, 1.54) is 18.4 Å². The van der Waals surface area contributed by atoms with Gasteiger partial charge in [-0.1, -0.05) is 12.1 Å². The molecule has 1 heterocycles. The first-order chi connectivity index (χ1) is 9.33. The fourth-order valence-electron chi connectivity index (χ4n) is 2.08. The molecule has 0 radical (unpaired) electrons. The van der Waals surface area contributed by atoms with E-state index in [9.17, 15) is 0 Å². The average Bonchev–Trinajstić information content (AvgIpc) is 3.17. The van der Waals surface area contributed by atoms with Crippen LogP contribution in [-0.2, 0) is 13.1 Å². The van der Waals surface area contributed by atoms with Crippen LogP contribution in [0.4, 0.5) is 0 Å². The summed E-state index contributed by atoms with van der Waals surface area (Å²) in [4.78, 5) is 0. The van der Waals surface area contributed by atoms with Gasteiger partial charge in [0.05, 0.1) is 19.3 Å². The topological polar surface area (TPSA) is 39.1 Å². The molecule has 4 heteroatoms. The molecule has 0 unspecified atom stereocenters. The molecule has 0 aliphatic heterocycles. The third kappa shape index (κ3) is 3.35. The van der Waals surface area contributed by atoms with Crippen molar-refractivity contribution in [3.63, 3.8) is 0 Å². The van der Waals surface area contributed by atoms with Crippen LogP contribution < -0.4 is 10.1 Å². The monoisotopic (exact) mass is 257 g/mol. The average molecular weight is 257 g/mol. The first-order valence-electron chi connectivity index (χ1n) is 6.72. The Balaban J connectivity index is 1.61. The lowest BCUT2D eigenvalue weighted by Crippen LogP contribution is -2.16. The molecular formula is C15H19N3O. The van der Waals surface area contributed by atoms with E-state index in [4.69, 9.17) is 4.74 Å². The van der Waals surface area contributed by atoms with Gasteiger partial charge in [0.15, 0.2) is 0 Å². The summed E-state index contributed by atoms with van der Waals surface area (Å²) in [6.45, 7) is 1.65. The van der Waals surface area contributed by atoms with Crippen LogP contribution in [0.25, 0.3) is 0 Å².